The summed E-state index contributed by atoms with van der Waals surface area (Å²) < 4.78 is 40.5. The van der Waals surface area contributed by atoms with Crippen LogP contribution in [0.15, 0.2) is 18.2 Å². The molecule has 0 amide bonds. The van der Waals surface area contributed by atoms with Crippen LogP contribution in [-0.4, -0.2) is 13.2 Å². The average Bonchev–Trinajstić information content (AvgIpc) is 2.10. The first-order valence-corrected chi connectivity index (χ1v) is 4.07. The summed E-state index contributed by atoms with van der Waals surface area (Å²) in [5, 5.41) is 0. The van der Waals surface area contributed by atoms with Gasteiger partial charge in [-0.15, -0.1) is 0 Å². The minimum atomic E-state index is -3.01. The summed E-state index contributed by atoms with van der Waals surface area (Å²) in [5.74, 6) is -1.24. The van der Waals surface area contributed by atoms with E-state index in [-0.39, 0.29) is 0 Å². The van der Waals surface area contributed by atoms with Crippen LogP contribution in [0.5, 0.6) is 5.75 Å². The molecule has 14 heavy (non-hydrogen) atoms. The van der Waals surface area contributed by atoms with E-state index >= 15 is 0 Å². The predicted octanol–water partition coefficient (Wildman–Crippen LogP) is 1.93. The second kappa shape index (κ2) is 4.85. The van der Waals surface area contributed by atoms with Crippen LogP contribution in [-0.2, 0) is 6.42 Å². The Bertz CT molecular complexity index is 304. The number of rotatable bonds is 4. The standard InChI is InChI=1S/C9H10F3NO/c10-7-5-6(3-4-13)1-2-8(7)14-9(11)12/h1-2,5,9H,3-4,13H2. The molecular formula is C9H10F3NO. The number of benzene rings is 1. The zero-order valence-electron chi connectivity index (χ0n) is 7.34. The van der Waals surface area contributed by atoms with Crippen LogP contribution in [0.3, 0.4) is 0 Å². The Hall–Kier alpha value is -1.23. The summed E-state index contributed by atoms with van der Waals surface area (Å²) in [6.45, 7) is -2.63. The fourth-order valence-corrected chi connectivity index (χ4v) is 1.06. The molecule has 1 aromatic carbocycles. The number of halogens is 3. The van der Waals surface area contributed by atoms with Crippen molar-refractivity contribution in [2.45, 2.75) is 13.0 Å². The largest absolute Gasteiger partial charge is 0.432 e. The van der Waals surface area contributed by atoms with E-state index in [1.54, 1.807) is 0 Å². The van der Waals surface area contributed by atoms with Gasteiger partial charge in [-0.1, -0.05) is 6.07 Å². The third-order valence-electron chi connectivity index (χ3n) is 1.65. The van der Waals surface area contributed by atoms with E-state index < -0.39 is 18.2 Å². The molecule has 0 atom stereocenters. The van der Waals surface area contributed by atoms with Crippen LogP contribution in [0, 0.1) is 5.82 Å². The lowest BCUT2D eigenvalue weighted by Crippen LogP contribution is -2.06. The molecule has 0 bridgehead atoms. The minimum Gasteiger partial charge on any atom is -0.432 e. The van der Waals surface area contributed by atoms with Crippen molar-refractivity contribution in [2.75, 3.05) is 6.54 Å². The molecule has 0 aliphatic heterocycles. The van der Waals surface area contributed by atoms with Crippen molar-refractivity contribution in [1.29, 1.82) is 0 Å². The van der Waals surface area contributed by atoms with Crippen LogP contribution in [0.4, 0.5) is 13.2 Å². The molecule has 0 unspecified atom stereocenters. The van der Waals surface area contributed by atoms with E-state index in [1.165, 1.54) is 12.1 Å². The zero-order valence-corrected chi connectivity index (χ0v) is 7.34. The molecule has 5 heteroatoms. The van der Waals surface area contributed by atoms with Crippen LogP contribution >= 0.6 is 0 Å². The first-order chi connectivity index (χ1) is 6.63. The van der Waals surface area contributed by atoms with Gasteiger partial charge in [0.2, 0.25) is 0 Å². The topological polar surface area (TPSA) is 35.2 Å². The molecule has 0 saturated carbocycles. The summed E-state index contributed by atoms with van der Waals surface area (Å²) in [5.41, 5.74) is 5.91. The molecular weight excluding hydrogens is 195 g/mol. The van der Waals surface area contributed by atoms with Crippen LogP contribution in [0.1, 0.15) is 5.56 Å². The molecule has 0 aromatic heterocycles. The highest BCUT2D eigenvalue weighted by Crippen LogP contribution is 2.20. The molecule has 0 heterocycles. The van der Waals surface area contributed by atoms with E-state index in [9.17, 15) is 13.2 Å². The summed E-state index contributed by atoms with van der Waals surface area (Å²) >= 11 is 0. The molecule has 0 fully saturated rings. The minimum absolute atomic E-state index is 0.383. The Balaban J connectivity index is 2.79. The zero-order chi connectivity index (χ0) is 10.6. The van der Waals surface area contributed by atoms with Crippen molar-refractivity contribution in [1.82, 2.24) is 0 Å². The molecule has 0 aliphatic carbocycles. The molecule has 78 valence electrons. The first kappa shape index (κ1) is 10.8. The Kier molecular flexibility index (Phi) is 3.76. The molecule has 2 N–H and O–H groups in total. The van der Waals surface area contributed by atoms with E-state index in [0.717, 1.165) is 6.07 Å². The van der Waals surface area contributed by atoms with Crippen molar-refractivity contribution in [3.63, 3.8) is 0 Å². The van der Waals surface area contributed by atoms with Crippen molar-refractivity contribution in [3.8, 4) is 5.75 Å². The van der Waals surface area contributed by atoms with Crippen LogP contribution < -0.4 is 10.5 Å². The van der Waals surface area contributed by atoms with Gasteiger partial charge in [0, 0.05) is 0 Å². The Morgan fingerprint density at radius 1 is 1.36 bits per heavy atom. The highest BCUT2D eigenvalue weighted by Gasteiger charge is 2.09. The number of hydrogen-bond acceptors (Lipinski definition) is 2. The van der Waals surface area contributed by atoms with Gasteiger partial charge in [-0.25, -0.2) is 4.39 Å². The lowest BCUT2D eigenvalue weighted by Gasteiger charge is -2.06. The summed E-state index contributed by atoms with van der Waals surface area (Å²) in [7, 11) is 0. The average molecular weight is 205 g/mol. The van der Waals surface area contributed by atoms with Gasteiger partial charge >= 0.3 is 6.61 Å². The third kappa shape index (κ3) is 2.92. The van der Waals surface area contributed by atoms with Gasteiger partial charge in [0.05, 0.1) is 0 Å². The number of alkyl halides is 2. The van der Waals surface area contributed by atoms with Crippen LogP contribution in [0.2, 0.25) is 0 Å². The van der Waals surface area contributed by atoms with Gasteiger partial charge in [-0.2, -0.15) is 8.78 Å². The van der Waals surface area contributed by atoms with Crippen molar-refractivity contribution in [2.24, 2.45) is 5.73 Å². The van der Waals surface area contributed by atoms with E-state index in [2.05, 4.69) is 4.74 Å². The molecule has 2 nitrogen and oxygen atoms in total. The van der Waals surface area contributed by atoms with Gasteiger partial charge in [0.1, 0.15) is 0 Å². The normalized spacial score (nSPS) is 10.6. The Morgan fingerprint density at radius 2 is 2.07 bits per heavy atom. The molecule has 1 aromatic rings. The fourth-order valence-electron chi connectivity index (χ4n) is 1.06. The monoisotopic (exact) mass is 205 g/mol. The van der Waals surface area contributed by atoms with Gasteiger partial charge in [-0.3, -0.25) is 0 Å². The quantitative estimate of drug-likeness (QED) is 0.815. The highest BCUT2D eigenvalue weighted by molar-refractivity contribution is 5.29. The lowest BCUT2D eigenvalue weighted by molar-refractivity contribution is -0.0522. The van der Waals surface area contributed by atoms with Gasteiger partial charge in [0.15, 0.2) is 11.6 Å². The van der Waals surface area contributed by atoms with Crippen molar-refractivity contribution < 1.29 is 17.9 Å². The number of nitrogens with two attached hydrogens (primary N) is 1. The second-order valence-electron chi connectivity index (χ2n) is 2.68. The SMILES string of the molecule is NCCc1ccc(OC(F)F)c(F)c1. The maximum Gasteiger partial charge on any atom is 0.387 e. The molecule has 0 aliphatic rings. The third-order valence-corrected chi connectivity index (χ3v) is 1.65. The van der Waals surface area contributed by atoms with Crippen molar-refractivity contribution in [3.05, 3.63) is 29.6 Å². The van der Waals surface area contributed by atoms with Gasteiger partial charge < -0.3 is 10.5 Å². The van der Waals surface area contributed by atoms with Crippen LogP contribution in [0.25, 0.3) is 0 Å². The Labute approximate surface area is 79.5 Å². The van der Waals surface area contributed by atoms with Crippen molar-refractivity contribution >= 4 is 0 Å². The highest BCUT2D eigenvalue weighted by atomic mass is 19.3. The van der Waals surface area contributed by atoms with Gasteiger partial charge in [0.25, 0.3) is 0 Å². The molecule has 0 saturated heterocycles. The number of hydrogen-bond donors (Lipinski definition) is 1. The maximum absolute atomic E-state index is 13.0. The first-order valence-electron chi connectivity index (χ1n) is 4.07. The smallest absolute Gasteiger partial charge is 0.387 e. The van der Waals surface area contributed by atoms with E-state index in [4.69, 9.17) is 5.73 Å². The summed E-state index contributed by atoms with van der Waals surface area (Å²) in [6.07, 6.45) is 0.506. The maximum atomic E-state index is 13.0. The summed E-state index contributed by atoms with van der Waals surface area (Å²) in [6, 6.07) is 3.82. The van der Waals surface area contributed by atoms with E-state index in [1.807, 2.05) is 0 Å². The molecule has 0 radical (unpaired) electrons. The van der Waals surface area contributed by atoms with Gasteiger partial charge in [-0.05, 0) is 30.7 Å². The fraction of sp³-hybridized carbons (Fsp3) is 0.333. The predicted molar refractivity (Wildman–Crippen MR) is 45.8 cm³/mol. The second-order valence-corrected chi connectivity index (χ2v) is 2.68. The molecule has 0 spiro atoms. The molecule has 1 rings (SSSR count). The lowest BCUT2D eigenvalue weighted by atomic mass is 10.1. The van der Waals surface area contributed by atoms with E-state index in [0.29, 0.717) is 18.5 Å². The Morgan fingerprint density at radius 3 is 2.57 bits per heavy atom. The summed E-state index contributed by atoms with van der Waals surface area (Å²) in [4.78, 5) is 0. The number of ether oxygens (including phenoxy) is 1.